The summed E-state index contributed by atoms with van der Waals surface area (Å²) in [6.45, 7) is 0. The van der Waals surface area contributed by atoms with Gasteiger partial charge in [0, 0.05) is 16.3 Å². The van der Waals surface area contributed by atoms with Crippen molar-refractivity contribution in [2.75, 3.05) is 5.32 Å². The molecule has 2 amide bonds. The monoisotopic (exact) mass is 247 g/mol. The molecule has 6 heteroatoms. The molecule has 3 N–H and O–H groups in total. The molecular formula is C11H6ClN3O2. The number of nitriles is 1. The van der Waals surface area contributed by atoms with Crippen LogP contribution >= 0.6 is 11.6 Å². The largest absolute Gasteiger partial charge is 0.365 e. The maximum Gasteiger partial charge on any atom is 0.260 e. The molecule has 0 fully saturated rings. The van der Waals surface area contributed by atoms with Gasteiger partial charge in [0.25, 0.3) is 11.8 Å². The minimum atomic E-state index is -0.939. The SMILES string of the molecule is N#C/C(C(N)=O)=C1/C(=O)Nc2ccc(Cl)cc21. The Labute approximate surface area is 101 Å². The van der Waals surface area contributed by atoms with E-state index >= 15 is 0 Å². The highest BCUT2D eigenvalue weighted by molar-refractivity contribution is 6.37. The van der Waals surface area contributed by atoms with Gasteiger partial charge in [-0.15, -0.1) is 0 Å². The van der Waals surface area contributed by atoms with E-state index in [-0.39, 0.29) is 11.1 Å². The van der Waals surface area contributed by atoms with E-state index in [1.165, 1.54) is 6.07 Å². The highest BCUT2D eigenvalue weighted by atomic mass is 35.5. The summed E-state index contributed by atoms with van der Waals surface area (Å²) in [7, 11) is 0. The Morgan fingerprint density at radius 3 is 2.76 bits per heavy atom. The number of nitrogens with two attached hydrogens (primary N) is 1. The molecule has 1 aromatic carbocycles. The lowest BCUT2D eigenvalue weighted by molar-refractivity contribution is -0.115. The zero-order valence-electron chi connectivity index (χ0n) is 8.45. The van der Waals surface area contributed by atoms with Gasteiger partial charge in [-0.1, -0.05) is 11.6 Å². The third-order valence-electron chi connectivity index (χ3n) is 2.33. The lowest BCUT2D eigenvalue weighted by Crippen LogP contribution is -2.17. The van der Waals surface area contributed by atoms with E-state index in [2.05, 4.69) is 5.32 Å². The first-order valence-electron chi connectivity index (χ1n) is 4.60. The molecule has 0 aromatic heterocycles. The summed E-state index contributed by atoms with van der Waals surface area (Å²) < 4.78 is 0. The zero-order chi connectivity index (χ0) is 12.6. The summed E-state index contributed by atoms with van der Waals surface area (Å²) in [5.41, 5.74) is 5.57. The van der Waals surface area contributed by atoms with E-state index in [0.717, 1.165) is 0 Å². The fraction of sp³-hybridized carbons (Fsp3) is 0. The normalized spacial score (nSPS) is 15.9. The molecule has 0 spiro atoms. The lowest BCUT2D eigenvalue weighted by Gasteiger charge is -2.00. The van der Waals surface area contributed by atoms with E-state index in [9.17, 15) is 9.59 Å². The van der Waals surface area contributed by atoms with Crippen molar-refractivity contribution in [2.45, 2.75) is 0 Å². The van der Waals surface area contributed by atoms with Crippen LogP contribution < -0.4 is 11.1 Å². The summed E-state index contributed by atoms with van der Waals surface area (Å²) in [6, 6.07) is 6.33. The van der Waals surface area contributed by atoms with Gasteiger partial charge in [-0.05, 0) is 18.2 Å². The maximum absolute atomic E-state index is 11.7. The number of nitrogens with one attached hydrogen (secondary N) is 1. The standard InChI is InChI=1S/C11H6ClN3O2/c12-5-1-2-8-6(3-5)9(11(17)15-8)7(4-13)10(14)16/h1-3H,(H2,14,16)(H,15,17)/b9-7-. The fourth-order valence-electron chi connectivity index (χ4n) is 1.62. The van der Waals surface area contributed by atoms with Gasteiger partial charge in [0.15, 0.2) is 0 Å². The number of primary amides is 1. The van der Waals surface area contributed by atoms with Crippen molar-refractivity contribution in [2.24, 2.45) is 5.73 Å². The molecule has 0 saturated carbocycles. The molecule has 17 heavy (non-hydrogen) atoms. The highest BCUT2D eigenvalue weighted by Crippen LogP contribution is 2.35. The second kappa shape index (κ2) is 3.92. The number of nitrogens with zero attached hydrogens (tertiary/aromatic N) is 1. The van der Waals surface area contributed by atoms with Crippen molar-refractivity contribution < 1.29 is 9.59 Å². The quantitative estimate of drug-likeness (QED) is 0.573. The van der Waals surface area contributed by atoms with Crippen molar-refractivity contribution in [1.29, 1.82) is 5.26 Å². The van der Waals surface area contributed by atoms with Crippen LogP contribution in [0.5, 0.6) is 0 Å². The van der Waals surface area contributed by atoms with Crippen LogP contribution in [0.15, 0.2) is 23.8 Å². The van der Waals surface area contributed by atoms with Gasteiger partial charge in [0.05, 0.1) is 5.57 Å². The van der Waals surface area contributed by atoms with Gasteiger partial charge in [0.1, 0.15) is 11.6 Å². The predicted octanol–water partition coefficient (Wildman–Crippen LogP) is 1.05. The number of rotatable bonds is 1. The van der Waals surface area contributed by atoms with Crippen LogP contribution in [0.1, 0.15) is 5.56 Å². The zero-order valence-corrected chi connectivity index (χ0v) is 9.21. The smallest absolute Gasteiger partial charge is 0.260 e. The van der Waals surface area contributed by atoms with Crippen LogP contribution in [0, 0.1) is 11.3 Å². The van der Waals surface area contributed by atoms with Crippen LogP contribution in [-0.2, 0) is 9.59 Å². The molecule has 0 aliphatic carbocycles. The van der Waals surface area contributed by atoms with Crippen LogP contribution in [0.3, 0.4) is 0 Å². The third-order valence-corrected chi connectivity index (χ3v) is 2.57. The Kier molecular flexibility index (Phi) is 2.58. The van der Waals surface area contributed by atoms with Crippen molar-refractivity contribution in [3.05, 3.63) is 34.4 Å². The minimum Gasteiger partial charge on any atom is -0.365 e. The molecule has 0 radical (unpaired) electrons. The summed E-state index contributed by atoms with van der Waals surface area (Å²) in [5, 5.41) is 11.8. The molecule has 0 unspecified atom stereocenters. The number of hydrogen-bond acceptors (Lipinski definition) is 3. The number of hydrogen-bond donors (Lipinski definition) is 2. The van der Waals surface area contributed by atoms with E-state index in [0.29, 0.717) is 16.3 Å². The Hall–Kier alpha value is -2.32. The number of halogens is 1. The molecular weight excluding hydrogens is 242 g/mol. The van der Waals surface area contributed by atoms with Gasteiger partial charge >= 0.3 is 0 Å². The molecule has 0 atom stereocenters. The summed E-state index contributed by atoms with van der Waals surface area (Å²) in [6.07, 6.45) is 0. The number of carbonyl (C=O) groups is 2. The number of anilines is 1. The molecule has 1 heterocycles. The van der Waals surface area contributed by atoms with Crippen molar-refractivity contribution in [1.82, 2.24) is 0 Å². The Morgan fingerprint density at radius 1 is 1.47 bits per heavy atom. The molecule has 0 bridgehead atoms. The van der Waals surface area contributed by atoms with Gasteiger partial charge < -0.3 is 11.1 Å². The Balaban J connectivity index is 2.75. The summed E-state index contributed by atoms with van der Waals surface area (Å²) in [5.74, 6) is -1.47. The maximum atomic E-state index is 11.7. The van der Waals surface area contributed by atoms with Gasteiger partial charge in [-0.25, -0.2) is 0 Å². The highest BCUT2D eigenvalue weighted by Gasteiger charge is 2.29. The van der Waals surface area contributed by atoms with Crippen molar-refractivity contribution >= 4 is 34.7 Å². The Morgan fingerprint density at radius 2 is 2.18 bits per heavy atom. The van der Waals surface area contributed by atoms with Crippen LogP contribution in [0.4, 0.5) is 5.69 Å². The lowest BCUT2D eigenvalue weighted by atomic mass is 10.0. The molecule has 0 saturated heterocycles. The average Bonchev–Trinajstić information content (AvgIpc) is 2.56. The third kappa shape index (κ3) is 1.75. The van der Waals surface area contributed by atoms with Crippen molar-refractivity contribution in [3.63, 3.8) is 0 Å². The molecule has 2 rings (SSSR count). The van der Waals surface area contributed by atoms with Crippen LogP contribution in [0.2, 0.25) is 5.02 Å². The second-order valence-electron chi connectivity index (χ2n) is 3.37. The first-order valence-corrected chi connectivity index (χ1v) is 4.98. The number of carbonyl (C=O) groups excluding carboxylic acids is 2. The van der Waals surface area contributed by atoms with Crippen LogP contribution in [0.25, 0.3) is 5.57 Å². The molecule has 84 valence electrons. The first kappa shape index (κ1) is 11.2. The fourth-order valence-corrected chi connectivity index (χ4v) is 1.79. The van der Waals surface area contributed by atoms with E-state index in [1.54, 1.807) is 18.2 Å². The van der Waals surface area contributed by atoms with Gasteiger partial charge in [0.2, 0.25) is 0 Å². The van der Waals surface area contributed by atoms with E-state index in [4.69, 9.17) is 22.6 Å². The predicted molar refractivity (Wildman–Crippen MR) is 61.8 cm³/mol. The minimum absolute atomic E-state index is 0.0301. The van der Waals surface area contributed by atoms with Gasteiger partial charge in [-0.2, -0.15) is 5.26 Å². The molecule has 1 aromatic rings. The number of amides is 2. The summed E-state index contributed by atoms with van der Waals surface area (Å²) in [4.78, 5) is 22.8. The first-order chi connectivity index (χ1) is 8.04. The van der Waals surface area contributed by atoms with Gasteiger partial charge in [-0.3, -0.25) is 9.59 Å². The second-order valence-corrected chi connectivity index (χ2v) is 3.81. The number of benzene rings is 1. The molecule has 5 nitrogen and oxygen atoms in total. The topological polar surface area (TPSA) is 96.0 Å². The van der Waals surface area contributed by atoms with E-state index in [1.807, 2.05) is 0 Å². The number of fused-ring (bicyclic) bond motifs is 1. The molecule has 1 aliphatic heterocycles. The summed E-state index contributed by atoms with van der Waals surface area (Å²) >= 11 is 5.80. The van der Waals surface area contributed by atoms with Crippen molar-refractivity contribution in [3.8, 4) is 6.07 Å². The molecule has 1 aliphatic rings. The Bertz CT molecular complexity index is 614. The van der Waals surface area contributed by atoms with Crippen LogP contribution in [-0.4, -0.2) is 11.8 Å². The van der Waals surface area contributed by atoms with E-state index < -0.39 is 11.8 Å². The average molecular weight is 248 g/mol.